The van der Waals surface area contributed by atoms with E-state index in [4.69, 9.17) is 9.47 Å². The van der Waals surface area contributed by atoms with E-state index in [1.165, 1.54) is 24.9 Å². The van der Waals surface area contributed by atoms with Crippen molar-refractivity contribution in [3.63, 3.8) is 0 Å². The minimum atomic E-state index is -0.535. The maximum absolute atomic E-state index is 13.8. The molecule has 2 aromatic rings. The van der Waals surface area contributed by atoms with Crippen molar-refractivity contribution in [2.45, 2.75) is 45.1 Å². The minimum absolute atomic E-state index is 0.398. The van der Waals surface area contributed by atoms with E-state index in [1.807, 2.05) is 61.7 Å². The lowest BCUT2D eigenvalue weighted by Crippen LogP contribution is -2.36. The zero-order chi connectivity index (χ0) is 24.1. The van der Waals surface area contributed by atoms with Crippen molar-refractivity contribution in [2.24, 2.45) is 0 Å². The van der Waals surface area contributed by atoms with E-state index in [9.17, 15) is 9.59 Å². The summed E-state index contributed by atoms with van der Waals surface area (Å²) < 4.78 is 11.3. The Hall–Kier alpha value is -2.90. The zero-order valence-corrected chi connectivity index (χ0v) is 20.8. The minimum Gasteiger partial charge on any atom is -0.466 e. The first-order valence-electron chi connectivity index (χ1n) is 11.8. The Bertz CT molecular complexity index is 1070. The standard InChI is InChI=1S/C27H32N2O4S/c1-18-23(26(30)32-3)25(22-13-10-16-34-22)24(19(2)28-18)27(31)33-21(20-11-6-4-7-12-20)17-29-14-8-5-9-15-29/h4,6-7,10-13,16,21,25,28H,5,8-9,14-15,17H2,1-3H3. The number of rotatable bonds is 7. The fourth-order valence-electron chi connectivity index (χ4n) is 4.83. The first kappa shape index (κ1) is 24.2. The molecule has 1 saturated heterocycles. The maximum Gasteiger partial charge on any atom is 0.337 e. The summed E-state index contributed by atoms with van der Waals surface area (Å²) in [6, 6.07) is 13.8. The molecule has 0 bridgehead atoms. The molecule has 1 aromatic heterocycles. The van der Waals surface area contributed by atoms with Gasteiger partial charge in [0.15, 0.2) is 0 Å². The molecule has 0 radical (unpaired) electrons. The van der Waals surface area contributed by atoms with Crippen molar-refractivity contribution in [3.05, 3.63) is 80.8 Å². The summed E-state index contributed by atoms with van der Waals surface area (Å²) in [5.41, 5.74) is 3.24. The first-order valence-corrected chi connectivity index (χ1v) is 12.7. The predicted octanol–water partition coefficient (Wildman–Crippen LogP) is 4.93. The Morgan fingerprint density at radius 2 is 1.68 bits per heavy atom. The highest BCUT2D eigenvalue weighted by atomic mass is 32.1. The molecule has 34 heavy (non-hydrogen) atoms. The molecule has 6 nitrogen and oxygen atoms in total. The number of thiophene rings is 1. The molecule has 2 atom stereocenters. The molecular weight excluding hydrogens is 448 g/mol. The second-order valence-electron chi connectivity index (χ2n) is 8.81. The third kappa shape index (κ3) is 5.26. The average Bonchev–Trinajstić information content (AvgIpc) is 3.38. The van der Waals surface area contributed by atoms with Gasteiger partial charge in [0.05, 0.1) is 24.2 Å². The molecule has 1 aromatic carbocycles. The number of likely N-dealkylation sites (tertiary alicyclic amines) is 1. The molecule has 0 amide bonds. The molecule has 3 heterocycles. The van der Waals surface area contributed by atoms with Crippen molar-refractivity contribution in [3.8, 4) is 0 Å². The molecule has 7 heteroatoms. The van der Waals surface area contributed by atoms with Gasteiger partial charge in [0, 0.05) is 22.8 Å². The third-order valence-electron chi connectivity index (χ3n) is 6.51. The Kier molecular flexibility index (Phi) is 7.85. The molecule has 0 aliphatic carbocycles. The SMILES string of the molecule is COC(=O)C1=C(C)NC(C)=C(C(=O)OC(CN2CCCCC2)c2ccccc2)C1c1cccs1. The van der Waals surface area contributed by atoms with Crippen LogP contribution in [0.5, 0.6) is 0 Å². The third-order valence-corrected chi connectivity index (χ3v) is 7.44. The molecule has 2 unspecified atom stereocenters. The van der Waals surface area contributed by atoms with Crippen LogP contribution in [0.25, 0.3) is 0 Å². The number of methoxy groups -OCH3 is 1. The number of hydrogen-bond acceptors (Lipinski definition) is 7. The fraction of sp³-hybridized carbons (Fsp3) is 0.407. The molecule has 2 aliphatic heterocycles. The maximum atomic E-state index is 13.8. The van der Waals surface area contributed by atoms with E-state index in [-0.39, 0.29) is 0 Å². The van der Waals surface area contributed by atoms with Crippen LogP contribution in [0.1, 0.15) is 55.6 Å². The lowest BCUT2D eigenvalue weighted by molar-refractivity contribution is -0.146. The van der Waals surface area contributed by atoms with Crippen LogP contribution >= 0.6 is 11.3 Å². The van der Waals surface area contributed by atoms with Gasteiger partial charge < -0.3 is 14.8 Å². The number of carbonyl (C=O) groups excluding carboxylic acids is 2. The lowest BCUT2D eigenvalue weighted by atomic mass is 9.84. The van der Waals surface area contributed by atoms with Crippen LogP contribution < -0.4 is 5.32 Å². The number of benzene rings is 1. The Labute approximate surface area is 205 Å². The molecule has 180 valence electrons. The largest absolute Gasteiger partial charge is 0.466 e. The van der Waals surface area contributed by atoms with Crippen LogP contribution in [-0.2, 0) is 19.1 Å². The van der Waals surface area contributed by atoms with Gasteiger partial charge in [0.25, 0.3) is 0 Å². The molecular formula is C27H32N2O4S. The monoisotopic (exact) mass is 480 g/mol. The number of nitrogens with zero attached hydrogens (tertiary/aromatic N) is 1. The molecule has 0 saturated carbocycles. The van der Waals surface area contributed by atoms with Gasteiger partial charge in [-0.2, -0.15) is 0 Å². The van der Waals surface area contributed by atoms with Crippen molar-refractivity contribution in [1.82, 2.24) is 10.2 Å². The van der Waals surface area contributed by atoms with Crippen molar-refractivity contribution in [1.29, 1.82) is 0 Å². The van der Waals surface area contributed by atoms with E-state index in [0.29, 0.717) is 29.1 Å². The number of nitrogens with one attached hydrogen (secondary N) is 1. The molecule has 0 spiro atoms. The summed E-state index contributed by atoms with van der Waals surface area (Å²) in [4.78, 5) is 29.8. The molecule has 4 rings (SSSR count). The summed E-state index contributed by atoms with van der Waals surface area (Å²) in [5.74, 6) is -1.40. The topological polar surface area (TPSA) is 67.9 Å². The van der Waals surface area contributed by atoms with Crippen LogP contribution in [0.15, 0.2) is 70.4 Å². The molecule has 1 N–H and O–H groups in total. The Morgan fingerprint density at radius 1 is 1.00 bits per heavy atom. The number of ether oxygens (including phenoxy) is 2. The summed E-state index contributed by atoms with van der Waals surface area (Å²) in [5, 5.41) is 5.16. The smallest absolute Gasteiger partial charge is 0.337 e. The molecule has 2 aliphatic rings. The van der Waals surface area contributed by atoms with E-state index < -0.39 is 24.0 Å². The van der Waals surface area contributed by atoms with Crippen molar-refractivity contribution >= 4 is 23.3 Å². The van der Waals surface area contributed by atoms with Crippen molar-refractivity contribution in [2.75, 3.05) is 26.7 Å². The lowest BCUT2D eigenvalue weighted by Gasteiger charge is -2.33. The van der Waals surface area contributed by atoms with Crippen LogP contribution in [0, 0.1) is 0 Å². The highest BCUT2D eigenvalue weighted by Crippen LogP contribution is 2.41. The zero-order valence-electron chi connectivity index (χ0n) is 20.0. The predicted molar refractivity (Wildman–Crippen MR) is 133 cm³/mol. The second kappa shape index (κ2) is 11.0. The van der Waals surface area contributed by atoms with Crippen LogP contribution in [-0.4, -0.2) is 43.6 Å². The quantitative estimate of drug-likeness (QED) is 0.567. The average molecular weight is 481 g/mol. The van der Waals surface area contributed by atoms with Gasteiger partial charge in [-0.15, -0.1) is 11.3 Å². The van der Waals surface area contributed by atoms with E-state index in [2.05, 4.69) is 10.2 Å². The van der Waals surface area contributed by atoms with Gasteiger partial charge in [-0.05, 0) is 56.8 Å². The van der Waals surface area contributed by atoms with Crippen molar-refractivity contribution < 1.29 is 19.1 Å². The number of dihydropyridines is 1. The fourth-order valence-corrected chi connectivity index (χ4v) is 5.68. The molecule has 1 fully saturated rings. The van der Waals surface area contributed by atoms with Crippen LogP contribution in [0.2, 0.25) is 0 Å². The normalized spacial score (nSPS) is 20.0. The number of esters is 2. The highest BCUT2D eigenvalue weighted by Gasteiger charge is 2.39. The summed E-state index contributed by atoms with van der Waals surface area (Å²) in [6.07, 6.45) is 3.17. The van der Waals surface area contributed by atoms with Crippen LogP contribution in [0.3, 0.4) is 0 Å². The van der Waals surface area contributed by atoms with Gasteiger partial charge in [-0.3, -0.25) is 4.90 Å². The van der Waals surface area contributed by atoms with Crippen LogP contribution in [0.4, 0.5) is 0 Å². The summed E-state index contributed by atoms with van der Waals surface area (Å²) >= 11 is 1.51. The summed E-state index contributed by atoms with van der Waals surface area (Å²) in [7, 11) is 1.36. The number of piperidine rings is 1. The summed E-state index contributed by atoms with van der Waals surface area (Å²) in [6.45, 7) is 6.36. The first-order chi connectivity index (χ1) is 16.5. The van der Waals surface area contributed by atoms with Gasteiger partial charge in [-0.25, -0.2) is 9.59 Å². The van der Waals surface area contributed by atoms with Gasteiger partial charge in [0.2, 0.25) is 0 Å². The number of allylic oxidation sites excluding steroid dienone is 2. The second-order valence-corrected chi connectivity index (χ2v) is 9.79. The number of carbonyl (C=O) groups is 2. The van der Waals surface area contributed by atoms with Gasteiger partial charge in [-0.1, -0.05) is 42.8 Å². The van der Waals surface area contributed by atoms with Gasteiger partial charge in [0.1, 0.15) is 6.10 Å². The van der Waals surface area contributed by atoms with E-state index in [0.717, 1.165) is 36.4 Å². The van der Waals surface area contributed by atoms with E-state index >= 15 is 0 Å². The Balaban J connectivity index is 1.66. The van der Waals surface area contributed by atoms with E-state index in [1.54, 1.807) is 0 Å². The Morgan fingerprint density at radius 3 is 2.29 bits per heavy atom. The highest BCUT2D eigenvalue weighted by molar-refractivity contribution is 7.10. The van der Waals surface area contributed by atoms with Gasteiger partial charge >= 0.3 is 11.9 Å². The number of hydrogen-bond donors (Lipinski definition) is 1.